The molecule has 1 unspecified atom stereocenters. The summed E-state index contributed by atoms with van der Waals surface area (Å²) in [5, 5.41) is 5.18. The highest BCUT2D eigenvalue weighted by molar-refractivity contribution is 5.88. The van der Waals surface area contributed by atoms with Crippen molar-refractivity contribution in [1.82, 2.24) is 10.6 Å². The standard InChI is InChI=1S/C23H28N2O5/c1-17(2)14-24-21(26)13-20(22(27)29-15-18-9-5-3-6-10-18)25-23(28)30-16-19-11-7-4-8-12-19/h3-12,17,20H,13-16H2,1-2H3,(H,24,26)(H,25,28). The van der Waals surface area contributed by atoms with Crippen LogP contribution >= 0.6 is 0 Å². The summed E-state index contributed by atoms with van der Waals surface area (Å²) >= 11 is 0. The third-order valence-corrected chi connectivity index (χ3v) is 4.11. The largest absolute Gasteiger partial charge is 0.459 e. The molecule has 0 spiro atoms. The molecule has 2 amide bonds. The van der Waals surface area contributed by atoms with Gasteiger partial charge in [-0.2, -0.15) is 0 Å². The lowest BCUT2D eigenvalue weighted by molar-refractivity contribution is -0.148. The smallest absolute Gasteiger partial charge is 0.408 e. The van der Waals surface area contributed by atoms with Crippen molar-refractivity contribution in [3.05, 3.63) is 71.8 Å². The summed E-state index contributed by atoms with van der Waals surface area (Å²) in [7, 11) is 0. The van der Waals surface area contributed by atoms with Crippen LogP contribution in [-0.2, 0) is 32.3 Å². The zero-order chi connectivity index (χ0) is 21.8. The number of amides is 2. The van der Waals surface area contributed by atoms with Crippen LogP contribution in [0.3, 0.4) is 0 Å². The van der Waals surface area contributed by atoms with Gasteiger partial charge in [-0.25, -0.2) is 9.59 Å². The number of rotatable bonds is 10. The van der Waals surface area contributed by atoms with Crippen LogP contribution < -0.4 is 10.6 Å². The molecule has 0 heterocycles. The molecule has 7 nitrogen and oxygen atoms in total. The molecule has 0 aliphatic rings. The van der Waals surface area contributed by atoms with Crippen molar-refractivity contribution in [2.45, 2.75) is 39.5 Å². The second-order valence-corrected chi connectivity index (χ2v) is 7.25. The highest BCUT2D eigenvalue weighted by atomic mass is 16.6. The fourth-order valence-corrected chi connectivity index (χ4v) is 2.51. The molecule has 0 saturated heterocycles. The first-order valence-corrected chi connectivity index (χ1v) is 9.88. The Bertz CT molecular complexity index is 809. The maximum absolute atomic E-state index is 12.5. The Morgan fingerprint density at radius 2 is 1.37 bits per heavy atom. The number of esters is 1. The van der Waals surface area contributed by atoms with E-state index in [0.29, 0.717) is 6.54 Å². The van der Waals surface area contributed by atoms with Crippen molar-refractivity contribution in [3.63, 3.8) is 0 Å². The fraction of sp³-hybridized carbons (Fsp3) is 0.348. The van der Waals surface area contributed by atoms with E-state index in [-0.39, 0.29) is 31.5 Å². The Hall–Kier alpha value is -3.35. The minimum Gasteiger partial charge on any atom is -0.459 e. The van der Waals surface area contributed by atoms with Gasteiger partial charge in [0.15, 0.2) is 0 Å². The molecule has 2 rings (SSSR count). The predicted molar refractivity (Wildman–Crippen MR) is 112 cm³/mol. The Kier molecular flexibility index (Phi) is 9.37. The summed E-state index contributed by atoms with van der Waals surface area (Å²) in [5.74, 6) is -0.787. The van der Waals surface area contributed by atoms with E-state index in [0.717, 1.165) is 11.1 Å². The van der Waals surface area contributed by atoms with Crippen LogP contribution in [0.4, 0.5) is 4.79 Å². The number of carbonyl (C=O) groups is 3. The topological polar surface area (TPSA) is 93.7 Å². The van der Waals surface area contributed by atoms with E-state index >= 15 is 0 Å². The van der Waals surface area contributed by atoms with Gasteiger partial charge in [0.25, 0.3) is 0 Å². The number of benzene rings is 2. The summed E-state index contributed by atoms with van der Waals surface area (Å²) in [4.78, 5) is 36.9. The summed E-state index contributed by atoms with van der Waals surface area (Å²) in [6.07, 6.45) is -1.03. The Morgan fingerprint density at radius 1 is 0.833 bits per heavy atom. The monoisotopic (exact) mass is 412 g/mol. The summed E-state index contributed by atoms with van der Waals surface area (Å²) in [6.45, 7) is 4.50. The van der Waals surface area contributed by atoms with Crippen molar-refractivity contribution in [1.29, 1.82) is 0 Å². The van der Waals surface area contributed by atoms with Gasteiger partial charge in [-0.15, -0.1) is 0 Å². The van der Waals surface area contributed by atoms with Crippen LogP contribution in [-0.4, -0.2) is 30.6 Å². The van der Waals surface area contributed by atoms with E-state index in [1.54, 1.807) is 0 Å². The van der Waals surface area contributed by atoms with Crippen LogP contribution in [0.15, 0.2) is 60.7 Å². The van der Waals surface area contributed by atoms with Gasteiger partial charge in [0, 0.05) is 6.54 Å². The van der Waals surface area contributed by atoms with Gasteiger partial charge in [-0.3, -0.25) is 4.79 Å². The van der Waals surface area contributed by atoms with Gasteiger partial charge in [-0.1, -0.05) is 74.5 Å². The summed E-state index contributed by atoms with van der Waals surface area (Å²) < 4.78 is 10.5. The number of nitrogens with one attached hydrogen (secondary N) is 2. The van der Waals surface area contributed by atoms with E-state index in [2.05, 4.69) is 10.6 Å². The number of alkyl carbamates (subject to hydrolysis) is 1. The first-order valence-electron chi connectivity index (χ1n) is 9.88. The second kappa shape index (κ2) is 12.3. The van der Waals surface area contributed by atoms with Crippen LogP contribution in [0.5, 0.6) is 0 Å². The van der Waals surface area contributed by atoms with E-state index in [9.17, 15) is 14.4 Å². The summed E-state index contributed by atoms with van der Waals surface area (Å²) in [5.41, 5.74) is 1.62. The quantitative estimate of drug-likeness (QED) is 0.585. The molecule has 30 heavy (non-hydrogen) atoms. The molecule has 0 fully saturated rings. The molecule has 0 aromatic heterocycles. The first-order chi connectivity index (χ1) is 14.4. The lowest BCUT2D eigenvalue weighted by Gasteiger charge is -2.18. The third kappa shape index (κ3) is 8.77. The number of ether oxygens (including phenoxy) is 2. The molecule has 2 aromatic rings. The second-order valence-electron chi connectivity index (χ2n) is 7.25. The Balaban J connectivity index is 1.93. The van der Waals surface area contributed by atoms with Crippen molar-refractivity contribution in [2.24, 2.45) is 5.92 Å². The normalized spacial score (nSPS) is 11.4. The number of hydrogen-bond acceptors (Lipinski definition) is 5. The van der Waals surface area contributed by atoms with Gasteiger partial charge in [0.1, 0.15) is 19.3 Å². The first kappa shape index (κ1) is 22.9. The van der Waals surface area contributed by atoms with Crippen molar-refractivity contribution >= 4 is 18.0 Å². The molecule has 0 radical (unpaired) electrons. The lowest BCUT2D eigenvalue weighted by atomic mass is 10.1. The predicted octanol–water partition coefficient (Wildman–Crippen LogP) is 3.19. The van der Waals surface area contributed by atoms with Crippen molar-refractivity contribution in [3.8, 4) is 0 Å². The van der Waals surface area contributed by atoms with Gasteiger partial charge in [-0.05, 0) is 17.0 Å². The zero-order valence-electron chi connectivity index (χ0n) is 17.3. The number of hydrogen-bond donors (Lipinski definition) is 2. The average Bonchev–Trinajstić information content (AvgIpc) is 2.75. The Labute approximate surface area is 176 Å². The Morgan fingerprint density at radius 3 is 1.90 bits per heavy atom. The highest BCUT2D eigenvalue weighted by Crippen LogP contribution is 2.06. The van der Waals surface area contributed by atoms with Crippen LogP contribution in [0, 0.1) is 5.92 Å². The molecular formula is C23H28N2O5. The molecule has 2 aromatic carbocycles. The van der Waals surface area contributed by atoms with E-state index in [1.807, 2.05) is 74.5 Å². The maximum atomic E-state index is 12.5. The maximum Gasteiger partial charge on any atom is 0.408 e. The van der Waals surface area contributed by atoms with Crippen LogP contribution in [0.2, 0.25) is 0 Å². The average molecular weight is 412 g/mol. The van der Waals surface area contributed by atoms with Crippen molar-refractivity contribution < 1.29 is 23.9 Å². The molecular weight excluding hydrogens is 384 g/mol. The minimum atomic E-state index is -1.15. The van der Waals surface area contributed by atoms with E-state index < -0.39 is 18.1 Å². The van der Waals surface area contributed by atoms with Crippen LogP contribution in [0.25, 0.3) is 0 Å². The highest BCUT2D eigenvalue weighted by Gasteiger charge is 2.26. The minimum absolute atomic E-state index is 0.0462. The SMILES string of the molecule is CC(C)CNC(=O)CC(NC(=O)OCc1ccccc1)C(=O)OCc1ccccc1. The molecule has 0 bridgehead atoms. The molecule has 0 saturated carbocycles. The van der Waals surface area contributed by atoms with Gasteiger partial charge >= 0.3 is 12.1 Å². The van der Waals surface area contributed by atoms with E-state index in [4.69, 9.17) is 9.47 Å². The van der Waals surface area contributed by atoms with E-state index in [1.165, 1.54) is 0 Å². The molecule has 1 atom stereocenters. The lowest BCUT2D eigenvalue weighted by Crippen LogP contribution is -2.45. The molecule has 2 N–H and O–H groups in total. The zero-order valence-corrected chi connectivity index (χ0v) is 17.3. The number of carbonyl (C=O) groups excluding carboxylic acids is 3. The fourth-order valence-electron chi connectivity index (χ4n) is 2.51. The molecule has 7 heteroatoms. The molecule has 160 valence electrons. The third-order valence-electron chi connectivity index (χ3n) is 4.11. The molecule has 0 aliphatic heterocycles. The molecule has 0 aliphatic carbocycles. The van der Waals surface area contributed by atoms with Gasteiger partial charge in [0.05, 0.1) is 6.42 Å². The van der Waals surface area contributed by atoms with Crippen molar-refractivity contribution in [2.75, 3.05) is 6.54 Å². The van der Waals surface area contributed by atoms with Crippen LogP contribution in [0.1, 0.15) is 31.4 Å². The van der Waals surface area contributed by atoms with Gasteiger partial charge < -0.3 is 20.1 Å². The summed E-state index contributed by atoms with van der Waals surface area (Å²) in [6, 6.07) is 17.2. The van der Waals surface area contributed by atoms with Gasteiger partial charge in [0.2, 0.25) is 5.91 Å².